The van der Waals surface area contributed by atoms with Crippen LogP contribution in [-0.4, -0.2) is 40.5 Å². The summed E-state index contributed by atoms with van der Waals surface area (Å²) in [7, 11) is 0. The minimum absolute atomic E-state index is 0.0195. The van der Waals surface area contributed by atoms with Gasteiger partial charge in [0.15, 0.2) is 6.61 Å². The van der Waals surface area contributed by atoms with Crippen LogP contribution >= 0.6 is 11.6 Å². The standard InChI is InChI=1S/C23H22ClN3O2/c24-19-6-4-5-18(13-19)22-15-25-14-21(26-22)17-9-11-27(12-10-17)23(28)16-29-20-7-2-1-3-8-20/h1-8,13-15,17H,9-12,16H2. The number of carbonyl (C=O) groups excluding carboxylic acids is 1. The highest BCUT2D eigenvalue weighted by Gasteiger charge is 2.25. The van der Waals surface area contributed by atoms with Crippen LogP contribution in [0.15, 0.2) is 67.0 Å². The van der Waals surface area contributed by atoms with Gasteiger partial charge in [0.2, 0.25) is 0 Å². The summed E-state index contributed by atoms with van der Waals surface area (Å²) in [6.07, 6.45) is 5.32. The zero-order valence-corrected chi connectivity index (χ0v) is 16.8. The Kier molecular flexibility index (Phi) is 6.06. The van der Waals surface area contributed by atoms with Gasteiger partial charge in [0.1, 0.15) is 5.75 Å². The van der Waals surface area contributed by atoms with E-state index in [-0.39, 0.29) is 12.5 Å². The third kappa shape index (κ3) is 4.93. The highest BCUT2D eigenvalue weighted by Crippen LogP contribution is 2.28. The van der Waals surface area contributed by atoms with Gasteiger partial charge < -0.3 is 9.64 Å². The van der Waals surface area contributed by atoms with E-state index in [1.165, 1.54) is 0 Å². The molecule has 29 heavy (non-hydrogen) atoms. The molecule has 3 aromatic rings. The summed E-state index contributed by atoms with van der Waals surface area (Å²) < 4.78 is 5.58. The summed E-state index contributed by atoms with van der Waals surface area (Å²) in [5, 5.41) is 0.680. The summed E-state index contributed by atoms with van der Waals surface area (Å²) in [6, 6.07) is 17.0. The van der Waals surface area contributed by atoms with E-state index in [0.717, 1.165) is 29.8 Å². The smallest absolute Gasteiger partial charge is 0.260 e. The van der Waals surface area contributed by atoms with Crippen molar-refractivity contribution >= 4 is 17.5 Å². The molecule has 1 saturated heterocycles. The Labute approximate surface area is 175 Å². The highest BCUT2D eigenvalue weighted by atomic mass is 35.5. The maximum atomic E-state index is 12.4. The molecule has 1 aliphatic heterocycles. The van der Waals surface area contributed by atoms with Crippen molar-refractivity contribution in [2.24, 2.45) is 0 Å². The Bertz CT molecular complexity index is 973. The van der Waals surface area contributed by atoms with Crippen molar-refractivity contribution in [3.8, 4) is 17.0 Å². The lowest BCUT2D eigenvalue weighted by atomic mass is 9.93. The number of ether oxygens (including phenoxy) is 1. The molecule has 1 aliphatic rings. The fourth-order valence-electron chi connectivity index (χ4n) is 3.54. The van der Waals surface area contributed by atoms with Gasteiger partial charge in [-0.3, -0.25) is 9.78 Å². The highest BCUT2D eigenvalue weighted by molar-refractivity contribution is 6.30. The first-order valence-corrected chi connectivity index (χ1v) is 10.1. The van der Waals surface area contributed by atoms with E-state index in [4.69, 9.17) is 21.3 Å². The Morgan fingerprint density at radius 3 is 2.62 bits per heavy atom. The first-order chi connectivity index (χ1) is 14.2. The van der Waals surface area contributed by atoms with E-state index in [0.29, 0.717) is 29.8 Å². The van der Waals surface area contributed by atoms with E-state index < -0.39 is 0 Å². The van der Waals surface area contributed by atoms with Crippen molar-refractivity contribution < 1.29 is 9.53 Å². The number of amides is 1. The fourth-order valence-corrected chi connectivity index (χ4v) is 3.73. The maximum Gasteiger partial charge on any atom is 0.260 e. The largest absolute Gasteiger partial charge is 0.484 e. The molecule has 1 fully saturated rings. The number of halogens is 1. The molecule has 2 aromatic carbocycles. The second-order valence-corrected chi connectivity index (χ2v) is 7.53. The van der Waals surface area contributed by atoms with E-state index in [2.05, 4.69) is 4.98 Å². The summed E-state index contributed by atoms with van der Waals surface area (Å²) in [5.74, 6) is 1.02. The molecule has 0 atom stereocenters. The number of hydrogen-bond donors (Lipinski definition) is 0. The monoisotopic (exact) mass is 407 g/mol. The minimum Gasteiger partial charge on any atom is -0.484 e. The van der Waals surface area contributed by atoms with Gasteiger partial charge >= 0.3 is 0 Å². The van der Waals surface area contributed by atoms with Gasteiger partial charge in [0, 0.05) is 35.8 Å². The number of rotatable bonds is 5. The fraction of sp³-hybridized carbons (Fsp3) is 0.261. The van der Waals surface area contributed by atoms with Crippen LogP contribution in [0.1, 0.15) is 24.5 Å². The molecule has 0 spiro atoms. The van der Waals surface area contributed by atoms with Gasteiger partial charge in [-0.1, -0.05) is 41.9 Å². The van der Waals surface area contributed by atoms with Gasteiger partial charge in [-0.25, -0.2) is 4.98 Å². The predicted molar refractivity (Wildman–Crippen MR) is 113 cm³/mol. The van der Waals surface area contributed by atoms with E-state index in [1.807, 2.05) is 65.7 Å². The number of carbonyl (C=O) groups is 1. The zero-order valence-electron chi connectivity index (χ0n) is 16.0. The summed E-state index contributed by atoms with van der Waals surface area (Å²) in [4.78, 5) is 23.5. The SMILES string of the molecule is O=C(COc1ccccc1)N1CCC(c2cncc(-c3cccc(Cl)c3)n2)CC1. The molecule has 0 bridgehead atoms. The molecule has 4 rings (SSSR count). The van der Waals surface area contributed by atoms with Crippen LogP contribution in [0, 0.1) is 0 Å². The number of para-hydroxylation sites is 1. The number of piperidine rings is 1. The van der Waals surface area contributed by atoms with Gasteiger partial charge in [-0.15, -0.1) is 0 Å². The molecule has 6 heteroatoms. The van der Waals surface area contributed by atoms with Gasteiger partial charge in [-0.2, -0.15) is 0 Å². The molecule has 0 radical (unpaired) electrons. The van der Waals surface area contributed by atoms with Crippen molar-refractivity contribution in [3.63, 3.8) is 0 Å². The summed E-state index contributed by atoms with van der Waals surface area (Å²) >= 11 is 6.10. The third-order valence-corrected chi connectivity index (χ3v) is 5.38. The van der Waals surface area contributed by atoms with Crippen molar-refractivity contribution in [3.05, 3.63) is 77.7 Å². The number of hydrogen-bond acceptors (Lipinski definition) is 4. The Hall–Kier alpha value is -2.92. The van der Waals surface area contributed by atoms with Crippen LogP contribution in [0.3, 0.4) is 0 Å². The molecule has 2 heterocycles. The second kappa shape index (κ2) is 9.05. The average Bonchev–Trinajstić information content (AvgIpc) is 2.78. The predicted octanol–water partition coefficient (Wildman–Crippen LogP) is 4.58. The van der Waals surface area contributed by atoms with Gasteiger partial charge in [-0.05, 0) is 37.1 Å². The molecule has 1 amide bonds. The number of benzene rings is 2. The Morgan fingerprint density at radius 1 is 1.07 bits per heavy atom. The molecule has 0 unspecified atom stereocenters. The molecule has 148 valence electrons. The number of aromatic nitrogens is 2. The van der Waals surface area contributed by atoms with Crippen LogP contribution in [0.4, 0.5) is 0 Å². The molecule has 0 N–H and O–H groups in total. The topological polar surface area (TPSA) is 55.3 Å². The van der Waals surface area contributed by atoms with Crippen LogP contribution in [0.2, 0.25) is 5.02 Å². The average molecular weight is 408 g/mol. The van der Waals surface area contributed by atoms with Gasteiger partial charge in [0.25, 0.3) is 5.91 Å². The lowest BCUT2D eigenvalue weighted by molar-refractivity contribution is -0.134. The third-order valence-electron chi connectivity index (χ3n) is 5.15. The summed E-state index contributed by atoms with van der Waals surface area (Å²) in [5.41, 5.74) is 2.74. The molecule has 0 saturated carbocycles. The van der Waals surface area contributed by atoms with Gasteiger partial charge in [0.05, 0.1) is 17.6 Å². The van der Waals surface area contributed by atoms with Crippen molar-refractivity contribution in [2.75, 3.05) is 19.7 Å². The first-order valence-electron chi connectivity index (χ1n) is 9.72. The van der Waals surface area contributed by atoms with Crippen molar-refractivity contribution in [2.45, 2.75) is 18.8 Å². The van der Waals surface area contributed by atoms with E-state index in [1.54, 1.807) is 6.20 Å². The number of likely N-dealkylation sites (tertiary alicyclic amines) is 1. The molecular formula is C23H22ClN3O2. The molecule has 1 aromatic heterocycles. The molecular weight excluding hydrogens is 386 g/mol. The first kappa shape index (κ1) is 19.4. The normalized spacial score (nSPS) is 14.6. The minimum atomic E-state index is 0.0195. The van der Waals surface area contributed by atoms with Crippen LogP contribution in [0.5, 0.6) is 5.75 Å². The Morgan fingerprint density at radius 2 is 1.86 bits per heavy atom. The van der Waals surface area contributed by atoms with E-state index >= 15 is 0 Å². The van der Waals surface area contributed by atoms with Crippen molar-refractivity contribution in [1.82, 2.24) is 14.9 Å². The quantitative estimate of drug-likeness (QED) is 0.621. The summed E-state index contributed by atoms with van der Waals surface area (Å²) in [6.45, 7) is 1.47. The maximum absolute atomic E-state index is 12.4. The lowest BCUT2D eigenvalue weighted by Crippen LogP contribution is -2.40. The van der Waals surface area contributed by atoms with Crippen LogP contribution in [0.25, 0.3) is 11.3 Å². The van der Waals surface area contributed by atoms with Crippen LogP contribution in [-0.2, 0) is 4.79 Å². The molecule has 5 nitrogen and oxygen atoms in total. The zero-order chi connectivity index (χ0) is 20.1. The van der Waals surface area contributed by atoms with Crippen LogP contribution < -0.4 is 4.74 Å². The van der Waals surface area contributed by atoms with E-state index in [9.17, 15) is 4.79 Å². The molecule has 0 aliphatic carbocycles. The number of nitrogens with zero attached hydrogens (tertiary/aromatic N) is 3. The second-order valence-electron chi connectivity index (χ2n) is 7.10. The Balaban J connectivity index is 1.35. The lowest BCUT2D eigenvalue weighted by Gasteiger charge is -2.31. The van der Waals surface area contributed by atoms with Crippen molar-refractivity contribution in [1.29, 1.82) is 0 Å².